The predicted octanol–water partition coefficient (Wildman–Crippen LogP) is 3.08. The highest BCUT2D eigenvalue weighted by Crippen LogP contribution is 2.51. The van der Waals surface area contributed by atoms with Crippen LogP contribution < -0.4 is 0 Å². The molecule has 0 aromatic heterocycles. The van der Waals surface area contributed by atoms with Crippen molar-refractivity contribution in [1.29, 1.82) is 0 Å². The zero-order valence-corrected chi connectivity index (χ0v) is 8.77. The Morgan fingerprint density at radius 3 is 2.47 bits per heavy atom. The van der Waals surface area contributed by atoms with Crippen LogP contribution in [0.25, 0.3) is 10.8 Å². The van der Waals surface area contributed by atoms with Crippen molar-refractivity contribution in [3.63, 3.8) is 0 Å². The SMILES string of the molecule is CC1(O)CC1c1ccc2ccccc2c1. The van der Waals surface area contributed by atoms with Crippen LogP contribution in [0.2, 0.25) is 0 Å². The molecule has 0 amide bonds. The van der Waals surface area contributed by atoms with Crippen LogP contribution in [-0.2, 0) is 0 Å². The molecule has 2 unspecified atom stereocenters. The van der Waals surface area contributed by atoms with E-state index in [0.29, 0.717) is 5.92 Å². The third-order valence-electron chi connectivity index (χ3n) is 3.38. The molecule has 2 aromatic rings. The fraction of sp³-hybridized carbons (Fsp3) is 0.286. The molecule has 0 saturated heterocycles. The summed E-state index contributed by atoms with van der Waals surface area (Å²) in [6, 6.07) is 14.8. The van der Waals surface area contributed by atoms with Gasteiger partial charge in [0, 0.05) is 5.92 Å². The molecule has 2 aromatic carbocycles. The highest BCUT2D eigenvalue weighted by molar-refractivity contribution is 5.83. The van der Waals surface area contributed by atoms with Crippen LogP contribution in [-0.4, -0.2) is 10.7 Å². The molecule has 1 N–H and O–H groups in total. The second-order valence-corrected chi connectivity index (χ2v) is 4.72. The minimum atomic E-state index is -0.470. The summed E-state index contributed by atoms with van der Waals surface area (Å²) < 4.78 is 0. The summed E-state index contributed by atoms with van der Waals surface area (Å²) in [5.41, 5.74) is 0.793. The highest BCUT2D eigenvalue weighted by atomic mass is 16.3. The molecule has 1 nitrogen and oxygen atoms in total. The Morgan fingerprint density at radius 1 is 1.13 bits per heavy atom. The molecule has 0 spiro atoms. The van der Waals surface area contributed by atoms with Crippen molar-refractivity contribution in [2.75, 3.05) is 0 Å². The van der Waals surface area contributed by atoms with E-state index >= 15 is 0 Å². The maximum Gasteiger partial charge on any atom is 0.0696 e. The summed E-state index contributed by atoms with van der Waals surface area (Å²) in [7, 11) is 0. The molecular weight excluding hydrogens is 184 g/mol. The second kappa shape index (κ2) is 2.83. The van der Waals surface area contributed by atoms with Crippen molar-refractivity contribution < 1.29 is 5.11 Å². The second-order valence-electron chi connectivity index (χ2n) is 4.72. The Labute approximate surface area is 89.4 Å². The minimum absolute atomic E-state index is 0.335. The molecule has 0 bridgehead atoms. The van der Waals surface area contributed by atoms with Gasteiger partial charge in [-0.1, -0.05) is 42.5 Å². The van der Waals surface area contributed by atoms with Crippen molar-refractivity contribution in [2.45, 2.75) is 24.9 Å². The van der Waals surface area contributed by atoms with E-state index in [1.807, 2.05) is 6.92 Å². The van der Waals surface area contributed by atoms with E-state index in [-0.39, 0.29) is 0 Å². The largest absolute Gasteiger partial charge is 0.390 e. The van der Waals surface area contributed by atoms with Gasteiger partial charge >= 0.3 is 0 Å². The number of hydrogen-bond donors (Lipinski definition) is 1. The van der Waals surface area contributed by atoms with E-state index in [1.165, 1.54) is 16.3 Å². The average Bonchev–Trinajstić information content (AvgIpc) is 2.87. The van der Waals surface area contributed by atoms with E-state index < -0.39 is 5.60 Å². The molecule has 76 valence electrons. The molecule has 0 radical (unpaired) electrons. The van der Waals surface area contributed by atoms with E-state index in [1.54, 1.807) is 0 Å². The molecule has 0 aliphatic heterocycles. The van der Waals surface area contributed by atoms with Gasteiger partial charge in [-0.15, -0.1) is 0 Å². The molecule has 1 saturated carbocycles. The number of rotatable bonds is 1. The van der Waals surface area contributed by atoms with Crippen LogP contribution in [0.1, 0.15) is 24.8 Å². The van der Waals surface area contributed by atoms with Crippen molar-refractivity contribution >= 4 is 10.8 Å². The lowest BCUT2D eigenvalue weighted by Crippen LogP contribution is -2.02. The van der Waals surface area contributed by atoms with Gasteiger partial charge in [0.1, 0.15) is 0 Å². The van der Waals surface area contributed by atoms with Crippen LogP contribution in [0.15, 0.2) is 42.5 Å². The number of hydrogen-bond acceptors (Lipinski definition) is 1. The molecule has 1 aliphatic rings. The number of aliphatic hydroxyl groups is 1. The Bertz CT molecular complexity index is 513. The zero-order valence-electron chi connectivity index (χ0n) is 8.77. The van der Waals surface area contributed by atoms with Gasteiger partial charge in [0.2, 0.25) is 0 Å². The van der Waals surface area contributed by atoms with Crippen molar-refractivity contribution in [1.82, 2.24) is 0 Å². The Kier molecular flexibility index (Phi) is 1.68. The molecule has 1 fully saturated rings. The molecule has 3 rings (SSSR count). The van der Waals surface area contributed by atoms with Crippen molar-refractivity contribution in [3.05, 3.63) is 48.0 Å². The van der Waals surface area contributed by atoms with E-state index in [9.17, 15) is 5.11 Å². The van der Waals surface area contributed by atoms with E-state index in [0.717, 1.165) is 6.42 Å². The third kappa shape index (κ3) is 1.44. The van der Waals surface area contributed by atoms with Gasteiger partial charge in [0.05, 0.1) is 5.60 Å². The summed E-state index contributed by atoms with van der Waals surface area (Å²) in [6.45, 7) is 1.91. The smallest absolute Gasteiger partial charge is 0.0696 e. The first-order valence-electron chi connectivity index (χ1n) is 5.38. The lowest BCUT2D eigenvalue weighted by atomic mass is 10.0. The van der Waals surface area contributed by atoms with Gasteiger partial charge in [0.15, 0.2) is 0 Å². The third-order valence-corrected chi connectivity index (χ3v) is 3.38. The maximum absolute atomic E-state index is 9.82. The first-order valence-corrected chi connectivity index (χ1v) is 5.38. The normalized spacial score (nSPS) is 29.3. The fourth-order valence-electron chi connectivity index (χ4n) is 2.26. The summed E-state index contributed by atoms with van der Waals surface area (Å²) in [5.74, 6) is 0.335. The number of benzene rings is 2. The Balaban J connectivity index is 2.08. The summed E-state index contributed by atoms with van der Waals surface area (Å²) in [6.07, 6.45) is 0.894. The van der Waals surface area contributed by atoms with Crippen molar-refractivity contribution in [2.24, 2.45) is 0 Å². The lowest BCUT2D eigenvalue weighted by Gasteiger charge is -2.04. The van der Waals surface area contributed by atoms with Crippen LogP contribution in [0.3, 0.4) is 0 Å². The topological polar surface area (TPSA) is 20.2 Å². The van der Waals surface area contributed by atoms with Gasteiger partial charge in [-0.05, 0) is 29.7 Å². The van der Waals surface area contributed by atoms with Crippen LogP contribution in [0.5, 0.6) is 0 Å². The molecule has 15 heavy (non-hydrogen) atoms. The van der Waals surface area contributed by atoms with Gasteiger partial charge < -0.3 is 5.11 Å². The van der Waals surface area contributed by atoms with Crippen LogP contribution >= 0.6 is 0 Å². The van der Waals surface area contributed by atoms with Crippen molar-refractivity contribution in [3.8, 4) is 0 Å². The van der Waals surface area contributed by atoms with E-state index in [4.69, 9.17) is 0 Å². The molecular formula is C14H14O. The lowest BCUT2D eigenvalue weighted by molar-refractivity contribution is 0.164. The molecule has 1 heteroatoms. The van der Waals surface area contributed by atoms with Gasteiger partial charge in [-0.25, -0.2) is 0 Å². The van der Waals surface area contributed by atoms with Crippen LogP contribution in [0.4, 0.5) is 0 Å². The molecule has 0 heterocycles. The van der Waals surface area contributed by atoms with E-state index in [2.05, 4.69) is 42.5 Å². The van der Waals surface area contributed by atoms with Gasteiger partial charge in [-0.3, -0.25) is 0 Å². The minimum Gasteiger partial charge on any atom is -0.390 e. The average molecular weight is 198 g/mol. The monoisotopic (exact) mass is 198 g/mol. The van der Waals surface area contributed by atoms with Gasteiger partial charge in [0.25, 0.3) is 0 Å². The summed E-state index contributed by atoms with van der Waals surface area (Å²) in [4.78, 5) is 0. The predicted molar refractivity (Wildman–Crippen MR) is 61.9 cm³/mol. The Hall–Kier alpha value is -1.34. The highest BCUT2D eigenvalue weighted by Gasteiger charge is 2.49. The number of fused-ring (bicyclic) bond motifs is 1. The molecule has 1 aliphatic carbocycles. The first kappa shape index (κ1) is 8.93. The first-order chi connectivity index (χ1) is 7.17. The maximum atomic E-state index is 9.82. The summed E-state index contributed by atoms with van der Waals surface area (Å²) in [5, 5.41) is 12.3. The standard InChI is InChI=1S/C14H14O/c1-14(15)9-13(14)12-7-6-10-4-2-3-5-11(10)8-12/h2-8,13,15H,9H2,1H3. The zero-order chi connectivity index (χ0) is 10.5. The Morgan fingerprint density at radius 2 is 1.80 bits per heavy atom. The molecule has 2 atom stereocenters. The van der Waals surface area contributed by atoms with Crippen LogP contribution in [0, 0.1) is 0 Å². The fourth-order valence-corrected chi connectivity index (χ4v) is 2.26. The van der Waals surface area contributed by atoms with Gasteiger partial charge in [-0.2, -0.15) is 0 Å². The quantitative estimate of drug-likeness (QED) is 0.746. The summed E-state index contributed by atoms with van der Waals surface area (Å²) >= 11 is 0.